The molecule has 0 fully saturated rings. The highest BCUT2D eigenvalue weighted by molar-refractivity contribution is 6.42. The van der Waals surface area contributed by atoms with Crippen LogP contribution in [0.5, 0.6) is 5.75 Å². The predicted molar refractivity (Wildman–Crippen MR) is 82.8 cm³/mol. The lowest BCUT2D eigenvalue weighted by atomic mass is 9.99. The maximum Gasteiger partial charge on any atom is 0.573 e. The number of alkyl halides is 3. The zero-order chi connectivity index (χ0) is 16.5. The number of benzene rings is 2. The van der Waals surface area contributed by atoms with Crippen molar-refractivity contribution in [3.8, 4) is 5.75 Å². The Bertz CT molecular complexity index is 677. The Morgan fingerprint density at radius 3 is 2.09 bits per heavy atom. The van der Waals surface area contributed by atoms with Crippen molar-refractivity contribution in [1.29, 1.82) is 0 Å². The fourth-order valence-electron chi connectivity index (χ4n) is 1.87. The number of hydrogen-bond donors (Lipinski definition) is 1. The molecule has 0 saturated carbocycles. The summed E-state index contributed by atoms with van der Waals surface area (Å²) < 4.78 is 53.9. The first-order chi connectivity index (χ1) is 10.2. The largest absolute Gasteiger partial charge is 0.573 e. The zero-order valence-electron chi connectivity index (χ0n) is 11.2. The average molecular weight is 391 g/mol. The molecule has 0 aliphatic heterocycles. The van der Waals surface area contributed by atoms with Gasteiger partial charge in [0.05, 0.1) is 16.1 Å². The quantitative estimate of drug-likeness (QED) is 0.555. The third-order valence-corrected chi connectivity index (χ3v) is 3.68. The van der Waals surface area contributed by atoms with Crippen LogP contribution in [0, 0.1) is 5.82 Å². The van der Waals surface area contributed by atoms with E-state index in [2.05, 4.69) is 4.74 Å². The normalized spacial score (nSPS) is 12.5. The number of nitrogens with two attached hydrogens (primary N) is 1. The minimum absolute atomic E-state index is 0. The lowest BCUT2D eigenvalue weighted by Gasteiger charge is -2.16. The Kier molecular flexibility index (Phi) is 6.53. The molecular weight excluding hydrogens is 381 g/mol. The summed E-state index contributed by atoms with van der Waals surface area (Å²) in [5, 5.41) is 0.0929. The Balaban J connectivity index is 0.00000264. The Morgan fingerprint density at radius 2 is 1.57 bits per heavy atom. The van der Waals surface area contributed by atoms with Crippen LogP contribution < -0.4 is 10.5 Å². The first-order valence-corrected chi connectivity index (χ1v) is 6.69. The Hall–Kier alpha value is -1.21. The van der Waals surface area contributed by atoms with Crippen molar-refractivity contribution < 1.29 is 22.3 Å². The number of halogens is 7. The predicted octanol–water partition coefficient (Wildman–Crippen LogP) is 5.50. The molecule has 9 heteroatoms. The van der Waals surface area contributed by atoms with Crippen molar-refractivity contribution in [2.24, 2.45) is 5.73 Å². The minimum Gasteiger partial charge on any atom is -0.406 e. The van der Waals surface area contributed by atoms with Crippen LogP contribution >= 0.6 is 35.6 Å². The standard InChI is InChI=1S/C14H9Cl2F4NO.ClH/c15-9-5-6-10(17)11(12(9)16)13(21)7-1-3-8(4-2-7)22-14(18,19)20;/h1-6,13H,21H2;1H/t13-;/m0./s1. The van der Waals surface area contributed by atoms with Gasteiger partial charge in [0.15, 0.2) is 0 Å². The van der Waals surface area contributed by atoms with E-state index in [0.29, 0.717) is 5.56 Å². The van der Waals surface area contributed by atoms with Gasteiger partial charge in [0.1, 0.15) is 11.6 Å². The molecule has 0 saturated heterocycles. The molecule has 2 aromatic rings. The summed E-state index contributed by atoms with van der Waals surface area (Å²) in [4.78, 5) is 0. The van der Waals surface area contributed by atoms with E-state index in [4.69, 9.17) is 28.9 Å². The molecule has 2 N–H and O–H groups in total. The number of hydrogen-bond acceptors (Lipinski definition) is 2. The van der Waals surface area contributed by atoms with E-state index in [0.717, 1.165) is 18.2 Å². The first-order valence-electron chi connectivity index (χ1n) is 5.93. The van der Waals surface area contributed by atoms with Crippen LogP contribution in [-0.4, -0.2) is 6.36 Å². The van der Waals surface area contributed by atoms with Gasteiger partial charge < -0.3 is 10.5 Å². The lowest BCUT2D eigenvalue weighted by Crippen LogP contribution is -2.17. The van der Waals surface area contributed by atoms with Crippen LogP contribution in [0.3, 0.4) is 0 Å². The molecule has 23 heavy (non-hydrogen) atoms. The molecule has 0 unspecified atom stereocenters. The van der Waals surface area contributed by atoms with Gasteiger partial charge in [0, 0.05) is 5.56 Å². The summed E-state index contributed by atoms with van der Waals surface area (Å²) >= 11 is 11.8. The van der Waals surface area contributed by atoms with Crippen LogP contribution in [0.1, 0.15) is 17.2 Å². The molecule has 0 heterocycles. The molecule has 0 spiro atoms. The minimum atomic E-state index is -4.79. The summed E-state index contributed by atoms with van der Waals surface area (Å²) in [5.41, 5.74) is 6.25. The molecule has 0 radical (unpaired) electrons. The molecule has 0 aromatic heterocycles. The molecule has 0 aliphatic carbocycles. The van der Waals surface area contributed by atoms with Gasteiger partial charge in [-0.25, -0.2) is 4.39 Å². The maximum absolute atomic E-state index is 13.9. The molecule has 0 amide bonds. The van der Waals surface area contributed by atoms with E-state index in [1.807, 2.05) is 0 Å². The van der Waals surface area contributed by atoms with Gasteiger partial charge in [-0.1, -0.05) is 35.3 Å². The van der Waals surface area contributed by atoms with Crippen molar-refractivity contribution >= 4 is 35.6 Å². The fourth-order valence-corrected chi connectivity index (χ4v) is 2.31. The van der Waals surface area contributed by atoms with Crippen molar-refractivity contribution in [3.63, 3.8) is 0 Å². The van der Waals surface area contributed by atoms with Crippen molar-refractivity contribution in [1.82, 2.24) is 0 Å². The molecule has 2 rings (SSSR count). The summed E-state index contributed by atoms with van der Waals surface area (Å²) in [6.45, 7) is 0. The lowest BCUT2D eigenvalue weighted by molar-refractivity contribution is -0.274. The second-order valence-corrected chi connectivity index (χ2v) is 5.14. The topological polar surface area (TPSA) is 35.2 Å². The van der Waals surface area contributed by atoms with Gasteiger partial charge in [-0.05, 0) is 29.8 Å². The smallest absolute Gasteiger partial charge is 0.406 e. The van der Waals surface area contributed by atoms with E-state index in [1.54, 1.807) is 0 Å². The van der Waals surface area contributed by atoms with Gasteiger partial charge in [0.25, 0.3) is 0 Å². The van der Waals surface area contributed by atoms with Crippen LogP contribution in [0.15, 0.2) is 36.4 Å². The second kappa shape index (κ2) is 7.57. The SMILES string of the molecule is Cl.N[C@@H](c1ccc(OC(F)(F)F)cc1)c1c(F)ccc(Cl)c1Cl. The molecule has 0 aliphatic rings. The van der Waals surface area contributed by atoms with E-state index in [9.17, 15) is 17.6 Å². The molecule has 2 nitrogen and oxygen atoms in total. The average Bonchev–Trinajstić information content (AvgIpc) is 2.42. The van der Waals surface area contributed by atoms with Crippen LogP contribution in [0.2, 0.25) is 10.0 Å². The van der Waals surface area contributed by atoms with E-state index in [1.165, 1.54) is 18.2 Å². The Morgan fingerprint density at radius 1 is 1.00 bits per heavy atom. The monoisotopic (exact) mass is 389 g/mol. The fraction of sp³-hybridized carbons (Fsp3) is 0.143. The van der Waals surface area contributed by atoms with Crippen LogP contribution in [-0.2, 0) is 0 Å². The molecule has 2 aromatic carbocycles. The van der Waals surface area contributed by atoms with Crippen LogP contribution in [0.25, 0.3) is 0 Å². The van der Waals surface area contributed by atoms with Crippen molar-refractivity contribution in [3.05, 3.63) is 63.4 Å². The second-order valence-electron chi connectivity index (χ2n) is 4.35. The molecular formula is C14H10Cl3F4NO. The number of rotatable bonds is 3. The third-order valence-electron chi connectivity index (χ3n) is 2.86. The van der Waals surface area contributed by atoms with E-state index >= 15 is 0 Å². The van der Waals surface area contributed by atoms with Gasteiger partial charge in [0.2, 0.25) is 0 Å². The van der Waals surface area contributed by atoms with Gasteiger partial charge in [-0.3, -0.25) is 0 Å². The summed E-state index contributed by atoms with van der Waals surface area (Å²) in [6.07, 6.45) is -4.79. The molecule has 126 valence electrons. The zero-order valence-corrected chi connectivity index (χ0v) is 13.5. The third kappa shape index (κ3) is 4.88. The highest BCUT2D eigenvalue weighted by atomic mass is 35.5. The van der Waals surface area contributed by atoms with Gasteiger partial charge >= 0.3 is 6.36 Å². The van der Waals surface area contributed by atoms with Crippen molar-refractivity contribution in [2.75, 3.05) is 0 Å². The summed E-state index contributed by atoms with van der Waals surface area (Å²) in [6, 6.07) is 6.18. The van der Waals surface area contributed by atoms with E-state index in [-0.39, 0.29) is 28.0 Å². The summed E-state index contributed by atoms with van der Waals surface area (Å²) in [5.74, 6) is -1.06. The summed E-state index contributed by atoms with van der Waals surface area (Å²) in [7, 11) is 0. The van der Waals surface area contributed by atoms with E-state index < -0.39 is 24.0 Å². The molecule has 0 bridgehead atoms. The molecule has 1 atom stereocenters. The highest BCUT2D eigenvalue weighted by Crippen LogP contribution is 2.34. The van der Waals surface area contributed by atoms with Gasteiger partial charge in [-0.15, -0.1) is 25.6 Å². The Labute approximate surface area is 145 Å². The maximum atomic E-state index is 13.9. The highest BCUT2D eigenvalue weighted by Gasteiger charge is 2.31. The van der Waals surface area contributed by atoms with Crippen molar-refractivity contribution in [2.45, 2.75) is 12.4 Å². The number of ether oxygens (including phenoxy) is 1. The van der Waals surface area contributed by atoms with Crippen LogP contribution in [0.4, 0.5) is 17.6 Å². The van der Waals surface area contributed by atoms with Gasteiger partial charge in [-0.2, -0.15) is 0 Å². The first kappa shape index (κ1) is 19.8.